The van der Waals surface area contributed by atoms with Gasteiger partial charge in [-0.15, -0.1) is 0 Å². The maximum Gasteiger partial charge on any atom is 0.241 e. The molecule has 7 nitrogen and oxygen atoms in total. The van der Waals surface area contributed by atoms with E-state index in [4.69, 9.17) is 9.26 Å². The number of likely N-dealkylation sites (tertiary alicyclic amines) is 1. The minimum atomic E-state index is -0.0721. The molecule has 1 N–H and O–H groups in total. The lowest BCUT2D eigenvalue weighted by molar-refractivity contribution is -0.127. The lowest BCUT2D eigenvalue weighted by Crippen LogP contribution is -2.46. The van der Waals surface area contributed by atoms with Crippen LogP contribution in [0.25, 0.3) is 11.4 Å². The Morgan fingerprint density at radius 2 is 2.00 bits per heavy atom. The summed E-state index contributed by atoms with van der Waals surface area (Å²) in [5.74, 6) is 2.03. The van der Waals surface area contributed by atoms with Gasteiger partial charge in [-0.1, -0.05) is 35.5 Å². The average Bonchev–Trinajstić information content (AvgIpc) is 3.28. The zero-order valence-electron chi connectivity index (χ0n) is 20.5. The number of carbonyl (C=O) groups excluding carboxylic acids is 1. The van der Waals surface area contributed by atoms with Crippen LogP contribution in [0.1, 0.15) is 42.3 Å². The van der Waals surface area contributed by atoms with Gasteiger partial charge in [-0.05, 0) is 75.9 Å². The molecule has 7 heteroatoms. The summed E-state index contributed by atoms with van der Waals surface area (Å²) in [7, 11) is 0. The predicted molar refractivity (Wildman–Crippen MR) is 131 cm³/mol. The van der Waals surface area contributed by atoms with E-state index in [1.165, 1.54) is 11.1 Å². The van der Waals surface area contributed by atoms with Crippen molar-refractivity contribution in [3.05, 3.63) is 65.0 Å². The van der Waals surface area contributed by atoms with Crippen LogP contribution < -0.4 is 10.1 Å². The molecule has 4 rings (SSSR count). The van der Waals surface area contributed by atoms with Crippen molar-refractivity contribution in [1.82, 2.24) is 20.4 Å². The molecule has 1 aliphatic rings. The molecule has 1 aromatic heterocycles. The van der Waals surface area contributed by atoms with E-state index in [2.05, 4.69) is 40.3 Å². The molecule has 2 aromatic carbocycles. The Morgan fingerprint density at radius 3 is 2.79 bits per heavy atom. The van der Waals surface area contributed by atoms with Crippen molar-refractivity contribution in [2.24, 2.45) is 5.92 Å². The van der Waals surface area contributed by atoms with Gasteiger partial charge in [0.05, 0.1) is 18.5 Å². The molecule has 0 spiro atoms. The molecule has 2 heterocycles. The van der Waals surface area contributed by atoms with E-state index in [9.17, 15) is 4.79 Å². The fraction of sp³-hybridized carbons (Fsp3) is 0.444. The first kappa shape index (κ1) is 24.0. The van der Waals surface area contributed by atoms with E-state index in [0.29, 0.717) is 31.4 Å². The highest BCUT2D eigenvalue weighted by atomic mass is 16.5. The van der Waals surface area contributed by atoms with Crippen LogP contribution in [-0.2, 0) is 11.3 Å². The summed E-state index contributed by atoms with van der Waals surface area (Å²) in [6.45, 7) is 10.7. The van der Waals surface area contributed by atoms with E-state index in [1.54, 1.807) is 0 Å². The average molecular weight is 463 g/mol. The number of aryl methyl sites for hydroxylation is 3. The van der Waals surface area contributed by atoms with Crippen LogP contribution in [0.5, 0.6) is 5.75 Å². The number of ether oxygens (including phenoxy) is 1. The molecule has 1 aliphatic heterocycles. The summed E-state index contributed by atoms with van der Waals surface area (Å²) in [6, 6.07) is 14.0. The topological polar surface area (TPSA) is 80.5 Å². The van der Waals surface area contributed by atoms with Crippen LogP contribution in [-0.4, -0.2) is 46.7 Å². The zero-order valence-corrected chi connectivity index (χ0v) is 20.5. The van der Waals surface area contributed by atoms with Crippen molar-refractivity contribution < 1.29 is 14.1 Å². The van der Waals surface area contributed by atoms with Gasteiger partial charge in [0.1, 0.15) is 12.4 Å². The summed E-state index contributed by atoms with van der Waals surface area (Å²) in [6.07, 6.45) is 1.84. The summed E-state index contributed by atoms with van der Waals surface area (Å²) in [5, 5.41) is 7.28. The van der Waals surface area contributed by atoms with Crippen molar-refractivity contribution in [3.8, 4) is 17.1 Å². The monoisotopic (exact) mass is 462 g/mol. The molecule has 2 unspecified atom stereocenters. The van der Waals surface area contributed by atoms with Gasteiger partial charge in [0.25, 0.3) is 0 Å². The Hall–Kier alpha value is -3.19. The fourth-order valence-electron chi connectivity index (χ4n) is 4.28. The molecule has 0 radical (unpaired) electrons. The van der Waals surface area contributed by atoms with Gasteiger partial charge >= 0.3 is 0 Å². The van der Waals surface area contributed by atoms with Gasteiger partial charge in [0.15, 0.2) is 0 Å². The van der Waals surface area contributed by atoms with Crippen LogP contribution in [0, 0.1) is 26.7 Å². The number of hydrogen-bond donors (Lipinski definition) is 1. The fourth-order valence-corrected chi connectivity index (χ4v) is 4.28. The molecule has 0 aliphatic carbocycles. The quantitative estimate of drug-likeness (QED) is 0.532. The van der Waals surface area contributed by atoms with Crippen molar-refractivity contribution in [1.29, 1.82) is 0 Å². The Labute approximate surface area is 201 Å². The molecule has 1 amide bonds. The second-order valence-corrected chi connectivity index (χ2v) is 9.37. The van der Waals surface area contributed by atoms with E-state index < -0.39 is 0 Å². The van der Waals surface area contributed by atoms with Crippen LogP contribution in [0.2, 0.25) is 0 Å². The molecular formula is C27H34N4O3. The molecule has 1 saturated heterocycles. The number of carbonyl (C=O) groups is 1. The first-order valence-corrected chi connectivity index (χ1v) is 12.0. The maximum atomic E-state index is 12.9. The Morgan fingerprint density at radius 1 is 1.18 bits per heavy atom. The lowest BCUT2D eigenvalue weighted by atomic mass is 9.97. The highest BCUT2D eigenvalue weighted by Gasteiger charge is 2.27. The smallest absolute Gasteiger partial charge is 0.241 e. The van der Waals surface area contributed by atoms with Crippen molar-refractivity contribution >= 4 is 5.91 Å². The summed E-state index contributed by atoms with van der Waals surface area (Å²) in [5.41, 5.74) is 4.52. The van der Waals surface area contributed by atoms with Crippen molar-refractivity contribution in [2.45, 2.75) is 53.1 Å². The van der Waals surface area contributed by atoms with E-state index >= 15 is 0 Å². The first-order valence-electron chi connectivity index (χ1n) is 12.0. The normalized spacial score (nSPS) is 17.4. The summed E-state index contributed by atoms with van der Waals surface area (Å²) >= 11 is 0. The number of nitrogens with zero attached hydrogens (tertiary/aromatic N) is 3. The van der Waals surface area contributed by atoms with E-state index in [0.717, 1.165) is 36.3 Å². The third-order valence-corrected chi connectivity index (χ3v) is 6.46. The molecular weight excluding hydrogens is 428 g/mol. The minimum absolute atomic E-state index is 0.0587. The zero-order chi connectivity index (χ0) is 24.1. The molecule has 3 aromatic rings. The van der Waals surface area contributed by atoms with Gasteiger partial charge < -0.3 is 14.6 Å². The largest absolute Gasteiger partial charge is 0.491 e. The van der Waals surface area contributed by atoms with Crippen molar-refractivity contribution in [2.75, 3.05) is 19.7 Å². The Balaban J connectivity index is 1.27. The number of aromatic nitrogens is 2. The third kappa shape index (κ3) is 6.03. The van der Waals surface area contributed by atoms with Crippen LogP contribution in [0.3, 0.4) is 0 Å². The molecule has 0 saturated carbocycles. The summed E-state index contributed by atoms with van der Waals surface area (Å²) < 4.78 is 11.4. The lowest BCUT2D eigenvalue weighted by Gasteiger charge is -2.31. The standard InChI is InChI=1S/C27H34N4O3/c1-18-11-12-23(14-20(18)3)33-17-21(4)28-27(32)22-9-7-13-31(15-22)16-25-29-26(30-34-25)24-10-6-5-8-19(24)2/h5-6,8,10-12,14,21-22H,7,9,13,15-17H2,1-4H3,(H,28,32). The van der Waals surface area contributed by atoms with Gasteiger partial charge in [-0.2, -0.15) is 4.98 Å². The number of hydrogen-bond acceptors (Lipinski definition) is 6. The third-order valence-electron chi connectivity index (χ3n) is 6.46. The van der Waals surface area contributed by atoms with Crippen LogP contribution in [0.4, 0.5) is 0 Å². The van der Waals surface area contributed by atoms with E-state index in [-0.39, 0.29) is 17.9 Å². The van der Waals surface area contributed by atoms with Gasteiger partial charge in [-0.3, -0.25) is 9.69 Å². The minimum Gasteiger partial charge on any atom is -0.491 e. The van der Waals surface area contributed by atoms with Crippen molar-refractivity contribution in [3.63, 3.8) is 0 Å². The number of nitrogens with one attached hydrogen (secondary N) is 1. The molecule has 1 fully saturated rings. The number of piperidine rings is 1. The number of rotatable bonds is 8. The van der Waals surface area contributed by atoms with Gasteiger partial charge in [-0.25, -0.2) is 0 Å². The second-order valence-electron chi connectivity index (χ2n) is 9.37. The highest BCUT2D eigenvalue weighted by Crippen LogP contribution is 2.22. The second kappa shape index (κ2) is 10.8. The van der Waals surface area contributed by atoms with E-state index in [1.807, 2.05) is 50.2 Å². The maximum absolute atomic E-state index is 12.9. The number of benzene rings is 2. The first-order chi connectivity index (χ1) is 16.4. The SMILES string of the molecule is Cc1ccc(OCC(C)NC(=O)C2CCCN(Cc3nc(-c4ccccc4C)no3)C2)cc1C. The Kier molecular flexibility index (Phi) is 7.63. The molecule has 180 valence electrons. The Bertz CT molecular complexity index is 1130. The highest BCUT2D eigenvalue weighted by molar-refractivity contribution is 5.79. The molecule has 2 atom stereocenters. The molecule has 34 heavy (non-hydrogen) atoms. The van der Waals surface area contributed by atoms with Crippen LogP contribution in [0.15, 0.2) is 47.0 Å². The molecule has 0 bridgehead atoms. The van der Waals surface area contributed by atoms with Gasteiger partial charge in [0, 0.05) is 12.1 Å². The van der Waals surface area contributed by atoms with Crippen LogP contribution >= 0.6 is 0 Å². The predicted octanol–water partition coefficient (Wildman–Crippen LogP) is 4.46. The summed E-state index contributed by atoms with van der Waals surface area (Å²) in [4.78, 5) is 19.7. The number of amides is 1. The van der Waals surface area contributed by atoms with Gasteiger partial charge in [0.2, 0.25) is 17.6 Å².